The van der Waals surface area contributed by atoms with E-state index in [2.05, 4.69) is 20.6 Å². The molecule has 0 saturated heterocycles. The van der Waals surface area contributed by atoms with Crippen LogP contribution in [0.4, 0.5) is 0 Å². The van der Waals surface area contributed by atoms with Crippen LogP contribution in [0.15, 0.2) is 72.7 Å². The number of aryl methyl sites for hydroxylation is 2. The highest BCUT2D eigenvalue weighted by molar-refractivity contribution is 6.05. The van der Waals surface area contributed by atoms with Crippen LogP contribution in [0, 0.1) is 13.8 Å². The first-order valence-corrected chi connectivity index (χ1v) is 11.8. The zero-order valence-corrected chi connectivity index (χ0v) is 21.1. The molecule has 4 rings (SSSR count). The molecule has 3 aromatic carbocycles. The number of aromatic nitrogens is 2. The molecule has 1 atom stereocenters. The number of rotatable bonds is 7. The Bertz CT molecular complexity index is 1480. The van der Waals surface area contributed by atoms with Crippen molar-refractivity contribution in [1.82, 2.24) is 20.6 Å². The van der Waals surface area contributed by atoms with Crippen LogP contribution in [0.25, 0.3) is 16.8 Å². The number of ether oxygens (including phenoxy) is 1. The maximum absolute atomic E-state index is 13.1. The fourth-order valence-electron chi connectivity index (χ4n) is 4.37. The number of carbonyl (C=O) groups excluding carboxylic acids is 3. The molecule has 2 amide bonds. The lowest BCUT2D eigenvalue weighted by Gasteiger charge is -2.18. The number of hydrogen-bond acceptors (Lipinski definition) is 5. The molecular weight excluding hydrogens is 468 g/mol. The van der Waals surface area contributed by atoms with Crippen molar-refractivity contribution in [3.63, 3.8) is 0 Å². The molecule has 0 aliphatic carbocycles. The lowest BCUT2D eigenvalue weighted by Crippen LogP contribution is -2.30. The van der Waals surface area contributed by atoms with Gasteiger partial charge in [-0.25, -0.2) is 9.78 Å². The van der Waals surface area contributed by atoms with Crippen molar-refractivity contribution in [3.05, 3.63) is 106 Å². The Balaban J connectivity index is 1.55. The number of aromatic amines is 1. The summed E-state index contributed by atoms with van der Waals surface area (Å²) in [6.45, 7) is 5.45. The fourth-order valence-corrected chi connectivity index (χ4v) is 4.37. The third-order valence-corrected chi connectivity index (χ3v) is 6.11. The summed E-state index contributed by atoms with van der Waals surface area (Å²) >= 11 is 0. The summed E-state index contributed by atoms with van der Waals surface area (Å²) in [5, 5.41) is 7.87. The van der Waals surface area contributed by atoms with E-state index in [4.69, 9.17) is 4.74 Å². The minimum Gasteiger partial charge on any atom is -0.464 e. The van der Waals surface area contributed by atoms with Crippen LogP contribution < -0.4 is 10.6 Å². The number of imidazole rings is 1. The lowest BCUT2D eigenvalue weighted by molar-refractivity contribution is -0.136. The zero-order chi connectivity index (χ0) is 26.5. The summed E-state index contributed by atoms with van der Waals surface area (Å²) in [7, 11) is 1.23. The van der Waals surface area contributed by atoms with Gasteiger partial charge in [0.25, 0.3) is 11.8 Å². The van der Waals surface area contributed by atoms with Crippen LogP contribution in [-0.4, -0.2) is 34.9 Å². The van der Waals surface area contributed by atoms with Gasteiger partial charge in [0, 0.05) is 29.6 Å². The van der Waals surface area contributed by atoms with Crippen LogP contribution in [0.1, 0.15) is 56.2 Å². The molecule has 8 nitrogen and oxygen atoms in total. The topological polar surface area (TPSA) is 113 Å². The molecule has 0 unspecified atom stereocenters. The van der Waals surface area contributed by atoms with Crippen LogP contribution in [0.2, 0.25) is 0 Å². The summed E-state index contributed by atoms with van der Waals surface area (Å²) in [6.07, 6.45) is 4.52. The van der Waals surface area contributed by atoms with Gasteiger partial charge in [-0.3, -0.25) is 9.59 Å². The number of amides is 2. The normalized spacial score (nSPS) is 12.2. The predicted octanol–water partition coefficient (Wildman–Crippen LogP) is 4.61. The highest BCUT2D eigenvalue weighted by Gasteiger charge is 2.21. The first-order chi connectivity index (χ1) is 17.8. The van der Waals surface area contributed by atoms with Gasteiger partial charge in [-0.1, -0.05) is 42.5 Å². The van der Waals surface area contributed by atoms with E-state index in [-0.39, 0.29) is 17.6 Å². The second-order valence-corrected chi connectivity index (χ2v) is 8.73. The molecule has 0 aliphatic rings. The van der Waals surface area contributed by atoms with E-state index < -0.39 is 11.9 Å². The van der Waals surface area contributed by atoms with Gasteiger partial charge in [0.05, 0.1) is 13.2 Å². The number of nitrogens with one attached hydrogen (secondary N) is 3. The third-order valence-electron chi connectivity index (χ3n) is 6.11. The second kappa shape index (κ2) is 10.9. The van der Waals surface area contributed by atoms with Crippen LogP contribution in [0.3, 0.4) is 0 Å². The molecule has 37 heavy (non-hydrogen) atoms. The van der Waals surface area contributed by atoms with E-state index in [1.54, 1.807) is 32.2 Å². The van der Waals surface area contributed by atoms with Gasteiger partial charge in [0.1, 0.15) is 11.5 Å². The molecule has 1 aromatic heterocycles. The van der Waals surface area contributed by atoms with Gasteiger partial charge in [-0.05, 0) is 60.4 Å². The highest BCUT2D eigenvalue weighted by atomic mass is 16.5. The molecule has 4 aromatic rings. The first-order valence-electron chi connectivity index (χ1n) is 11.8. The quantitative estimate of drug-likeness (QED) is 0.255. The van der Waals surface area contributed by atoms with Crippen molar-refractivity contribution >= 4 is 34.6 Å². The fraction of sp³-hybridized carbons (Fsp3) is 0.172. The average Bonchev–Trinajstić information content (AvgIpc) is 3.40. The Kier molecular flexibility index (Phi) is 7.48. The van der Waals surface area contributed by atoms with Gasteiger partial charge in [0.15, 0.2) is 0 Å². The molecule has 0 spiro atoms. The Morgan fingerprint density at radius 3 is 2.38 bits per heavy atom. The van der Waals surface area contributed by atoms with Crippen molar-refractivity contribution in [2.75, 3.05) is 7.11 Å². The predicted molar refractivity (Wildman–Crippen MR) is 142 cm³/mol. The van der Waals surface area contributed by atoms with Gasteiger partial charge in [-0.15, -0.1) is 0 Å². The standard InChI is InChI=1S/C29H28N4O4/c1-17-14-21(27(34)32-19(3)22-11-7-9-20-8-5-6-10-23(20)22)15-18(2)26(17)28(35)33-24(29(36)37-4)16-25-30-12-13-31-25/h5-16,19H,1-4H3,(H,30,31)(H,32,34)(H,33,35)/b24-16-/t19-/m1/s1. The zero-order valence-electron chi connectivity index (χ0n) is 21.1. The molecule has 0 radical (unpaired) electrons. The van der Waals surface area contributed by atoms with E-state index >= 15 is 0 Å². The molecule has 0 bridgehead atoms. The maximum Gasteiger partial charge on any atom is 0.354 e. The van der Waals surface area contributed by atoms with Crippen LogP contribution in [-0.2, 0) is 9.53 Å². The number of carbonyl (C=O) groups is 3. The van der Waals surface area contributed by atoms with Crippen molar-refractivity contribution in [2.24, 2.45) is 0 Å². The van der Waals surface area contributed by atoms with E-state index in [1.165, 1.54) is 19.4 Å². The first kappa shape index (κ1) is 25.4. The number of methoxy groups -OCH3 is 1. The number of hydrogen-bond donors (Lipinski definition) is 3. The molecule has 0 fully saturated rings. The highest BCUT2D eigenvalue weighted by Crippen LogP contribution is 2.25. The number of benzene rings is 3. The Morgan fingerprint density at radius 2 is 1.70 bits per heavy atom. The SMILES string of the molecule is COC(=O)/C(=C/c1ncc[nH]1)NC(=O)c1c(C)cc(C(=O)N[C@H](C)c2cccc3ccccc23)cc1C. The van der Waals surface area contributed by atoms with Crippen molar-refractivity contribution in [3.8, 4) is 0 Å². The largest absolute Gasteiger partial charge is 0.464 e. The number of nitrogens with zero attached hydrogens (tertiary/aromatic N) is 1. The summed E-state index contributed by atoms with van der Waals surface area (Å²) in [5.74, 6) is -1.05. The van der Waals surface area contributed by atoms with E-state index in [0.29, 0.717) is 28.1 Å². The lowest BCUT2D eigenvalue weighted by atomic mass is 9.97. The number of H-pyrrole nitrogens is 1. The number of fused-ring (bicyclic) bond motifs is 1. The Labute approximate surface area is 214 Å². The smallest absolute Gasteiger partial charge is 0.354 e. The van der Waals surface area contributed by atoms with E-state index in [9.17, 15) is 14.4 Å². The monoisotopic (exact) mass is 496 g/mol. The van der Waals surface area contributed by atoms with Crippen LogP contribution in [0.5, 0.6) is 0 Å². The molecule has 3 N–H and O–H groups in total. The Morgan fingerprint density at radius 1 is 1.00 bits per heavy atom. The van der Waals surface area contributed by atoms with Crippen molar-refractivity contribution in [2.45, 2.75) is 26.8 Å². The maximum atomic E-state index is 13.1. The molecule has 188 valence electrons. The van der Waals surface area contributed by atoms with Crippen LogP contribution >= 0.6 is 0 Å². The Hall–Kier alpha value is -4.72. The van der Waals surface area contributed by atoms with Gasteiger partial charge >= 0.3 is 5.97 Å². The molecule has 1 heterocycles. The van der Waals surface area contributed by atoms with Gasteiger partial charge in [0.2, 0.25) is 0 Å². The summed E-state index contributed by atoms with van der Waals surface area (Å²) in [5.41, 5.74) is 2.97. The number of esters is 1. The third kappa shape index (κ3) is 5.59. The minimum atomic E-state index is -0.710. The molecule has 0 saturated carbocycles. The van der Waals surface area contributed by atoms with Crippen molar-refractivity contribution in [1.29, 1.82) is 0 Å². The molecular formula is C29H28N4O4. The second-order valence-electron chi connectivity index (χ2n) is 8.73. The average molecular weight is 497 g/mol. The van der Waals surface area contributed by atoms with Crippen molar-refractivity contribution < 1.29 is 19.1 Å². The van der Waals surface area contributed by atoms with E-state index in [1.807, 2.05) is 49.4 Å². The minimum absolute atomic E-state index is 0.0630. The molecule has 0 aliphatic heterocycles. The van der Waals surface area contributed by atoms with Gasteiger partial charge in [-0.2, -0.15) is 0 Å². The van der Waals surface area contributed by atoms with Gasteiger partial charge < -0.3 is 20.4 Å². The summed E-state index contributed by atoms with van der Waals surface area (Å²) in [4.78, 5) is 45.4. The van der Waals surface area contributed by atoms with E-state index in [0.717, 1.165) is 16.3 Å². The summed E-state index contributed by atoms with van der Waals surface area (Å²) < 4.78 is 4.79. The summed E-state index contributed by atoms with van der Waals surface area (Å²) in [6, 6.07) is 17.2. The molecule has 8 heteroatoms.